The Hall–Kier alpha value is -1.89. The van der Waals surface area contributed by atoms with E-state index in [-0.39, 0.29) is 5.78 Å². The Morgan fingerprint density at radius 1 is 0.952 bits per heavy atom. The molecule has 1 heteroatoms. The molecule has 0 radical (unpaired) electrons. The summed E-state index contributed by atoms with van der Waals surface area (Å²) in [5.41, 5.74) is 6.87. The van der Waals surface area contributed by atoms with Crippen LogP contribution in [0.5, 0.6) is 0 Å². The minimum Gasteiger partial charge on any atom is -0.300 e. The van der Waals surface area contributed by atoms with E-state index < -0.39 is 0 Å². The zero-order valence-electron chi connectivity index (χ0n) is 12.7. The van der Waals surface area contributed by atoms with Gasteiger partial charge in [-0.05, 0) is 66.8 Å². The minimum absolute atomic E-state index is 0.259. The number of benzene rings is 2. The fraction of sp³-hybridized carbons (Fsp3) is 0.350. The Balaban J connectivity index is 1.86. The molecule has 0 fully saturated rings. The Kier molecular flexibility index (Phi) is 4.19. The number of Topliss-reactive ketones (excluding diaryl/α,β-unsaturated/α-hetero) is 1. The van der Waals surface area contributed by atoms with E-state index in [1.54, 1.807) is 6.92 Å². The average molecular weight is 278 g/mol. The van der Waals surface area contributed by atoms with E-state index >= 15 is 0 Å². The summed E-state index contributed by atoms with van der Waals surface area (Å²) in [6, 6.07) is 15.5. The fourth-order valence-electron chi connectivity index (χ4n) is 3.14. The van der Waals surface area contributed by atoms with Gasteiger partial charge in [0.25, 0.3) is 0 Å². The molecule has 0 saturated heterocycles. The van der Waals surface area contributed by atoms with E-state index in [0.717, 1.165) is 6.42 Å². The molecule has 2 aromatic carbocycles. The van der Waals surface area contributed by atoms with Gasteiger partial charge in [-0.15, -0.1) is 0 Å². The number of fused-ring (bicyclic) bond motifs is 1. The molecule has 1 aliphatic carbocycles. The number of ketones is 1. The van der Waals surface area contributed by atoms with Crippen LogP contribution in [0.2, 0.25) is 0 Å². The maximum atomic E-state index is 11.1. The van der Waals surface area contributed by atoms with Crippen LogP contribution in [-0.4, -0.2) is 5.78 Å². The lowest BCUT2D eigenvalue weighted by Crippen LogP contribution is -2.02. The summed E-state index contributed by atoms with van der Waals surface area (Å²) in [6.45, 7) is 1.66. The van der Waals surface area contributed by atoms with Gasteiger partial charge < -0.3 is 4.79 Å². The van der Waals surface area contributed by atoms with Gasteiger partial charge in [-0.3, -0.25) is 0 Å². The topological polar surface area (TPSA) is 17.1 Å². The fourth-order valence-corrected chi connectivity index (χ4v) is 3.14. The second-order valence-corrected chi connectivity index (χ2v) is 6.09. The zero-order chi connectivity index (χ0) is 14.7. The second kappa shape index (κ2) is 6.26. The number of rotatable bonds is 4. The van der Waals surface area contributed by atoms with Gasteiger partial charge in [0.1, 0.15) is 5.78 Å². The number of hydrogen-bond donors (Lipinski definition) is 0. The summed E-state index contributed by atoms with van der Waals surface area (Å²) in [5, 5.41) is 0. The molecule has 0 unspecified atom stereocenters. The lowest BCUT2D eigenvalue weighted by Gasteiger charge is -2.17. The van der Waals surface area contributed by atoms with Crippen molar-refractivity contribution >= 4 is 5.78 Å². The van der Waals surface area contributed by atoms with Crippen molar-refractivity contribution in [3.05, 3.63) is 59.2 Å². The molecule has 2 aromatic rings. The molecule has 0 aromatic heterocycles. The van der Waals surface area contributed by atoms with Crippen LogP contribution < -0.4 is 0 Å². The van der Waals surface area contributed by atoms with E-state index in [4.69, 9.17) is 0 Å². The number of carbonyl (C=O) groups excluding carboxylic acids is 1. The van der Waals surface area contributed by atoms with Crippen LogP contribution in [0.1, 0.15) is 42.9 Å². The van der Waals surface area contributed by atoms with Crippen LogP contribution in [0, 0.1) is 0 Å². The van der Waals surface area contributed by atoms with Crippen molar-refractivity contribution in [1.29, 1.82) is 0 Å². The molecule has 0 heterocycles. The Morgan fingerprint density at radius 3 is 2.52 bits per heavy atom. The first-order valence-corrected chi connectivity index (χ1v) is 7.93. The van der Waals surface area contributed by atoms with Crippen molar-refractivity contribution in [1.82, 2.24) is 0 Å². The van der Waals surface area contributed by atoms with Gasteiger partial charge in [0.2, 0.25) is 0 Å². The summed E-state index contributed by atoms with van der Waals surface area (Å²) >= 11 is 0. The summed E-state index contributed by atoms with van der Waals surface area (Å²) < 4.78 is 0. The molecule has 0 aliphatic heterocycles. The van der Waals surface area contributed by atoms with Crippen LogP contribution in [-0.2, 0) is 24.1 Å². The third-order valence-electron chi connectivity index (χ3n) is 4.37. The zero-order valence-corrected chi connectivity index (χ0v) is 12.7. The summed E-state index contributed by atoms with van der Waals surface area (Å²) in [4.78, 5) is 11.1. The average Bonchev–Trinajstić information content (AvgIpc) is 2.53. The lowest BCUT2D eigenvalue weighted by atomic mass is 9.89. The number of hydrogen-bond acceptors (Lipinski definition) is 1. The van der Waals surface area contributed by atoms with Crippen molar-refractivity contribution in [3.8, 4) is 11.1 Å². The van der Waals surface area contributed by atoms with Crippen molar-refractivity contribution in [2.75, 3.05) is 0 Å². The van der Waals surface area contributed by atoms with Crippen LogP contribution in [0.4, 0.5) is 0 Å². The summed E-state index contributed by atoms with van der Waals surface area (Å²) in [5.74, 6) is 0.259. The van der Waals surface area contributed by atoms with Gasteiger partial charge in [0, 0.05) is 6.42 Å². The number of carbonyl (C=O) groups is 1. The highest BCUT2D eigenvalue weighted by molar-refractivity contribution is 5.75. The smallest absolute Gasteiger partial charge is 0.130 e. The highest BCUT2D eigenvalue weighted by Gasteiger charge is 2.10. The Bertz CT molecular complexity index is 655. The molecular weight excluding hydrogens is 256 g/mol. The van der Waals surface area contributed by atoms with E-state index in [0.29, 0.717) is 6.42 Å². The third kappa shape index (κ3) is 3.41. The maximum Gasteiger partial charge on any atom is 0.130 e. The van der Waals surface area contributed by atoms with Crippen molar-refractivity contribution < 1.29 is 4.79 Å². The largest absolute Gasteiger partial charge is 0.300 e. The van der Waals surface area contributed by atoms with Crippen molar-refractivity contribution in [2.45, 2.75) is 45.4 Å². The third-order valence-corrected chi connectivity index (χ3v) is 4.37. The molecule has 0 amide bonds. The van der Waals surface area contributed by atoms with Crippen LogP contribution >= 0.6 is 0 Å². The molecule has 0 N–H and O–H groups in total. The van der Waals surface area contributed by atoms with E-state index in [1.807, 2.05) is 0 Å². The predicted molar refractivity (Wildman–Crippen MR) is 87.5 cm³/mol. The number of aryl methyl sites for hydroxylation is 3. The van der Waals surface area contributed by atoms with Gasteiger partial charge in [0.15, 0.2) is 0 Å². The molecule has 1 aliphatic rings. The minimum atomic E-state index is 0.259. The lowest BCUT2D eigenvalue weighted by molar-refractivity contribution is -0.116. The van der Waals surface area contributed by atoms with Crippen molar-refractivity contribution in [3.63, 3.8) is 0 Å². The maximum absolute atomic E-state index is 11.1. The van der Waals surface area contributed by atoms with Gasteiger partial charge >= 0.3 is 0 Å². The van der Waals surface area contributed by atoms with Gasteiger partial charge in [-0.1, -0.05) is 42.5 Å². The molecular formula is C20H22O. The monoisotopic (exact) mass is 278 g/mol. The summed E-state index contributed by atoms with van der Waals surface area (Å²) in [6.07, 6.45) is 6.56. The summed E-state index contributed by atoms with van der Waals surface area (Å²) in [7, 11) is 0. The first-order valence-electron chi connectivity index (χ1n) is 7.93. The molecule has 21 heavy (non-hydrogen) atoms. The standard InChI is InChI=1S/C20H22O/c1-15(21)9-10-16-5-4-8-18(13-16)20-12-11-17-6-2-3-7-19(17)14-20/h4-5,8,11-14H,2-3,6-7,9-10H2,1H3. The quantitative estimate of drug-likeness (QED) is 0.788. The van der Waals surface area contributed by atoms with E-state index in [9.17, 15) is 4.79 Å². The van der Waals surface area contributed by atoms with Crippen LogP contribution in [0.15, 0.2) is 42.5 Å². The van der Waals surface area contributed by atoms with Crippen LogP contribution in [0.3, 0.4) is 0 Å². The first-order chi connectivity index (χ1) is 10.2. The predicted octanol–water partition coefficient (Wildman–Crippen LogP) is 4.75. The molecule has 0 saturated carbocycles. The van der Waals surface area contributed by atoms with E-state index in [2.05, 4.69) is 42.5 Å². The van der Waals surface area contributed by atoms with Crippen molar-refractivity contribution in [2.24, 2.45) is 0 Å². The highest BCUT2D eigenvalue weighted by atomic mass is 16.1. The van der Waals surface area contributed by atoms with Gasteiger partial charge in [-0.25, -0.2) is 0 Å². The molecule has 3 rings (SSSR count). The van der Waals surface area contributed by atoms with Gasteiger partial charge in [0.05, 0.1) is 0 Å². The van der Waals surface area contributed by atoms with Gasteiger partial charge in [-0.2, -0.15) is 0 Å². The first kappa shape index (κ1) is 14.1. The highest BCUT2D eigenvalue weighted by Crippen LogP contribution is 2.28. The molecule has 1 nitrogen and oxygen atoms in total. The Labute approximate surface area is 127 Å². The molecule has 108 valence electrons. The normalized spacial score (nSPS) is 13.8. The van der Waals surface area contributed by atoms with E-state index in [1.165, 1.54) is 53.5 Å². The molecule has 0 atom stereocenters. The molecule has 0 spiro atoms. The second-order valence-electron chi connectivity index (χ2n) is 6.09. The SMILES string of the molecule is CC(=O)CCc1cccc(-c2ccc3c(c2)CCCC3)c1. The van der Waals surface area contributed by atoms with Crippen LogP contribution in [0.25, 0.3) is 11.1 Å². The molecule has 0 bridgehead atoms. The Morgan fingerprint density at radius 2 is 1.71 bits per heavy atom.